The molecule has 0 aliphatic carbocycles. The zero-order valence-corrected chi connectivity index (χ0v) is 16.5. The Balaban J connectivity index is 2.07. The number of ether oxygens (including phenoxy) is 3. The summed E-state index contributed by atoms with van der Waals surface area (Å²) in [7, 11) is 0. The lowest BCUT2D eigenvalue weighted by Gasteiger charge is -2.23. The Morgan fingerprint density at radius 2 is 1.88 bits per heavy atom. The molecule has 3 rings (SSSR count). The number of carbonyl (C=O) groups excluding carboxylic acids is 2. The number of hydrogen-bond donors (Lipinski definition) is 0. The van der Waals surface area contributed by atoms with E-state index >= 15 is 0 Å². The molecule has 0 unspecified atom stereocenters. The van der Waals surface area contributed by atoms with Gasteiger partial charge in [0.25, 0.3) is 0 Å². The van der Waals surface area contributed by atoms with Crippen molar-refractivity contribution in [1.82, 2.24) is 14.5 Å². The molecule has 1 aliphatic heterocycles. The van der Waals surface area contributed by atoms with E-state index in [4.69, 9.17) is 25.8 Å². The quantitative estimate of drug-likeness (QED) is 0.379. The molecule has 3 heterocycles. The van der Waals surface area contributed by atoms with Gasteiger partial charge in [-0.05, 0) is 29.5 Å². The molecule has 134 valence electrons. The van der Waals surface area contributed by atoms with E-state index in [1.54, 1.807) is 17.7 Å². The van der Waals surface area contributed by atoms with Crippen LogP contribution in [0.15, 0.2) is 12.5 Å². The lowest BCUT2D eigenvalue weighted by Crippen LogP contribution is -2.38. The summed E-state index contributed by atoms with van der Waals surface area (Å²) < 4.78 is 19.2. The summed E-state index contributed by atoms with van der Waals surface area (Å²) in [6, 6.07) is 0. The molecular formula is C15H15ClIN3O5. The molecule has 2 aromatic heterocycles. The van der Waals surface area contributed by atoms with E-state index in [9.17, 15) is 9.59 Å². The fourth-order valence-electron chi connectivity index (χ4n) is 2.90. The molecule has 1 fully saturated rings. The van der Waals surface area contributed by atoms with Gasteiger partial charge in [-0.1, -0.05) is 11.6 Å². The van der Waals surface area contributed by atoms with Crippen LogP contribution >= 0.6 is 34.2 Å². The summed E-state index contributed by atoms with van der Waals surface area (Å²) in [6.45, 7) is 4.34. The second-order valence-electron chi connectivity index (χ2n) is 5.63. The Kier molecular flexibility index (Phi) is 5.16. The van der Waals surface area contributed by atoms with E-state index in [1.807, 2.05) is 0 Å². The monoisotopic (exact) mass is 479 g/mol. The molecule has 0 aromatic carbocycles. The van der Waals surface area contributed by atoms with Crippen molar-refractivity contribution in [3.05, 3.63) is 21.2 Å². The third-order valence-electron chi connectivity index (χ3n) is 3.82. The maximum absolute atomic E-state index is 11.6. The van der Waals surface area contributed by atoms with Gasteiger partial charge in [0.1, 0.15) is 17.1 Å². The van der Waals surface area contributed by atoms with Crippen molar-refractivity contribution in [2.75, 3.05) is 0 Å². The zero-order chi connectivity index (χ0) is 18.3. The molecule has 0 amide bonds. The minimum atomic E-state index is -0.809. The Morgan fingerprint density at radius 1 is 1.24 bits per heavy atom. The number of esters is 2. The first kappa shape index (κ1) is 18.3. The molecule has 8 nitrogen and oxygen atoms in total. The molecule has 2 aromatic rings. The van der Waals surface area contributed by atoms with Crippen LogP contribution in [0.3, 0.4) is 0 Å². The second-order valence-corrected chi connectivity index (χ2v) is 7.15. The number of carbonyl (C=O) groups is 2. The predicted octanol–water partition coefficient (Wildman–Crippen LogP) is 2.47. The standard InChI is InChI=1S/C15H15ClIN3O5/c1-6-11(24-7(2)21)12(25-8(3)22)15(23-6)20-4-9(17)10-13(16)18-5-19-14(10)20/h4-6,11-12,15H,1-3H3/t6-,11-,12-,15-/m1/s1. The average molecular weight is 480 g/mol. The highest BCUT2D eigenvalue weighted by Crippen LogP contribution is 2.38. The average Bonchev–Trinajstić information content (AvgIpc) is 2.99. The molecule has 0 radical (unpaired) electrons. The molecule has 0 N–H and O–H groups in total. The number of halogens is 2. The van der Waals surface area contributed by atoms with Crippen molar-refractivity contribution in [2.24, 2.45) is 0 Å². The zero-order valence-electron chi connectivity index (χ0n) is 13.6. The number of hydrogen-bond acceptors (Lipinski definition) is 7. The minimum Gasteiger partial charge on any atom is -0.456 e. The van der Waals surface area contributed by atoms with Crippen LogP contribution in [-0.2, 0) is 23.8 Å². The highest BCUT2D eigenvalue weighted by molar-refractivity contribution is 14.1. The maximum atomic E-state index is 11.6. The van der Waals surface area contributed by atoms with Gasteiger partial charge in [0.2, 0.25) is 0 Å². The second kappa shape index (κ2) is 7.04. The molecule has 4 atom stereocenters. The van der Waals surface area contributed by atoms with Gasteiger partial charge in [-0.2, -0.15) is 0 Å². The van der Waals surface area contributed by atoms with E-state index in [0.29, 0.717) is 16.2 Å². The number of fused-ring (bicyclic) bond motifs is 1. The first-order valence-corrected chi connectivity index (χ1v) is 8.91. The summed E-state index contributed by atoms with van der Waals surface area (Å²) >= 11 is 8.28. The fraction of sp³-hybridized carbons (Fsp3) is 0.467. The van der Waals surface area contributed by atoms with Crippen molar-refractivity contribution in [2.45, 2.75) is 45.3 Å². The van der Waals surface area contributed by atoms with Crippen LogP contribution in [-0.4, -0.2) is 44.8 Å². The summed E-state index contributed by atoms with van der Waals surface area (Å²) in [6.07, 6.45) is 0.428. The molecule has 1 aliphatic rings. The van der Waals surface area contributed by atoms with Crippen LogP contribution in [0.25, 0.3) is 11.0 Å². The molecule has 0 spiro atoms. The van der Waals surface area contributed by atoms with Crippen LogP contribution in [0.2, 0.25) is 5.15 Å². The Hall–Kier alpha value is -1.46. The van der Waals surface area contributed by atoms with Crippen LogP contribution < -0.4 is 0 Å². The van der Waals surface area contributed by atoms with Gasteiger partial charge in [0.15, 0.2) is 18.4 Å². The molecular weight excluding hydrogens is 465 g/mol. The summed E-state index contributed by atoms with van der Waals surface area (Å²) in [5, 5.41) is 0.998. The van der Waals surface area contributed by atoms with Crippen molar-refractivity contribution in [3.8, 4) is 0 Å². The van der Waals surface area contributed by atoms with Crippen molar-refractivity contribution < 1.29 is 23.8 Å². The Bertz CT molecular complexity index is 842. The van der Waals surface area contributed by atoms with Gasteiger partial charge in [0, 0.05) is 23.6 Å². The minimum absolute atomic E-state index is 0.319. The maximum Gasteiger partial charge on any atom is 0.303 e. The molecule has 1 saturated heterocycles. The normalized spacial score (nSPS) is 26.0. The molecule has 25 heavy (non-hydrogen) atoms. The number of nitrogens with zero attached hydrogens (tertiary/aromatic N) is 3. The van der Waals surface area contributed by atoms with Crippen LogP contribution in [0.1, 0.15) is 27.0 Å². The molecule has 0 saturated carbocycles. The number of aromatic nitrogens is 3. The van der Waals surface area contributed by atoms with Crippen LogP contribution in [0.5, 0.6) is 0 Å². The van der Waals surface area contributed by atoms with E-state index in [-0.39, 0.29) is 0 Å². The number of rotatable bonds is 3. The Labute approximate surface area is 161 Å². The molecule has 0 bridgehead atoms. The smallest absolute Gasteiger partial charge is 0.303 e. The largest absolute Gasteiger partial charge is 0.456 e. The SMILES string of the molecule is CC(=O)O[C@@H]1[C@H](OC(C)=O)[C@@H](C)O[C@H]1n1cc(I)c2c(Cl)ncnc21. The Morgan fingerprint density at radius 3 is 2.52 bits per heavy atom. The summed E-state index contributed by atoms with van der Waals surface area (Å²) in [4.78, 5) is 31.2. The van der Waals surface area contributed by atoms with Crippen LogP contribution in [0, 0.1) is 3.57 Å². The first-order chi connectivity index (χ1) is 11.8. The molecule has 10 heteroatoms. The first-order valence-electron chi connectivity index (χ1n) is 7.46. The van der Waals surface area contributed by atoms with Crippen molar-refractivity contribution in [1.29, 1.82) is 0 Å². The third kappa shape index (κ3) is 3.44. The topological polar surface area (TPSA) is 92.5 Å². The van der Waals surface area contributed by atoms with Crippen molar-refractivity contribution in [3.63, 3.8) is 0 Å². The third-order valence-corrected chi connectivity index (χ3v) is 4.92. The highest BCUT2D eigenvalue weighted by atomic mass is 127. The summed E-state index contributed by atoms with van der Waals surface area (Å²) in [5.41, 5.74) is 0.544. The van der Waals surface area contributed by atoms with Crippen molar-refractivity contribution >= 4 is 57.2 Å². The van der Waals surface area contributed by atoms with Crippen LogP contribution in [0.4, 0.5) is 0 Å². The van der Waals surface area contributed by atoms with Gasteiger partial charge in [-0.15, -0.1) is 0 Å². The van der Waals surface area contributed by atoms with Gasteiger partial charge in [-0.3, -0.25) is 9.59 Å². The van der Waals surface area contributed by atoms with Gasteiger partial charge in [0.05, 0.1) is 11.5 Å². The van der Waals surface area contributed by atoms with E-state index in [0.717, 1.165) is 3.57 Å². The lowest BCUT2D eigenvalue weighted by molar-refractivity contribution is -0.165. The highest BCUT2D eigenvalue weighted by Gasteiger charge is 2.48. The summed E-state index contributed by atoms with van der Waals surface area (Å²) in [5.74, 6) is -0.973. The van der Waals surface area contributed by atoms with Gasteiger partial charge < -0.3 is 18.8 Å². The van der Waals surface area contributed by atoms with Gasteiger partial charge >= 0.3 is 11.9 Å². The lowest BCUT2D eigenvalue weighted by atomic mass is 10.1. The van der Waals surface area contributed by atoms with E-state index in [2.05, 4.69) is 32.6 Å². The predicted molar refractivity (Wildman–Crippen MR) is 95.9 cm³/mol. The fourth-order valence-corrected chi connectivity index (χ4v) is 4.08. The van der Waals surface area contributed by atoms with E-state index in [1.165, 1.54) is 20.2 Å². The van der Waals surface area contributed by atoms with E-state index < -0.39 is 36.5 Å². The van der Waals surface area contributed by atoms with Gasteiger partial charge in [-0.25, -0.2) is 9.97 Å².